The number of fused-ring (bicyclic) bond motifs is 1. The zero-order valence-electron chi connectivity index (χ0n) is 12.4. The van der Waals surface area contributed by atoms with Crippen LogP contribution in [0.15, 0.2) is 50.6 Å². The van der Waals surface area contributed by atoms with Crippen molar-refractivity contribution < 1.29 is 13.2 Å². The molecule has 3 rings (SSSR count). The zero-order chi connectivity index (χ0) is 17.5. The van der Waals surface area contributed by atoms with Gasteiger partial charge >= 0.3 is 0 Å². The van der Waals surface area contributed by atoms with E-state index in [2.05, 4.69) is 9.71 Å². The Labute approximate surface area is 148 Å². The minimum Gasteiger partial charge on any atom is -0.398 e. The van der Waals surface area contributed by atoms with Gasteiger partial charge in [0.05, 0.1) is 5.56 Å². The van der Waals surface area contributed by atoms with Crippen LogP contribution in [0.1, 0.15) is 15.9 Å². The van der Waals surface area contributed by atoms with Crippen molar-refractivity contribution in [2.24, 2.45) is 4.40 Å². The molecule has 0 spiro atoms. The maximum absolute atomic E-state index is 12.3. The minimum atomic E-state index is -3.91. The summed E-state index contributed by atoms with van der Waals surface area (Å²) >= 11 is 7.08. The number of anilines is 1. The second-order valence-electron chi connectivity index (χ2n) is 5.06. The van der Waals surface area contributed by atoms with Crippen molar-refractivity contribution in [3.05, 3.63) is 52.5 Å². The fourth-order valence-electron chi connectivity index (χ4n) is 2.12. The van der Waals surface area contributed by atoms with Crippen LogP contribution in [0.3, 0.4) is 0 Å². The summed E-state index contributed by atoms with van der Waals surface area (Å²) in [4.78, 5) is 12.8. The molecule has 0 aromatic heterocycles. The molecule has 24 heavy (non-hydrogen) atoms. The van der Waals surface area contributed by atoms with E-state index in [4.69, 9.17) is 17.3 Å². The monoisotopic (exact) mass is 381 g/mol. The molecular formula is C15H12ClN3O3S2. The molecule has 0 saturated heterocycles. The van der Waals surface area contributed by atoms with Crippen molar-refractivity contribution in [1.29, 1.82) is 0 Å². The van der Waals surface area contributed by atoms with Gasteiger partial charge in [-0.2, -0.15) is 8.42 Å². The molecule has 0 bridgehead atoms. The van der Waals surface area contributed by atoms with Crippen molar-refractivity contribution in [2.75, 3.05) is 5.73 Å². The number of benzene rings is 2. The van der Waals surface area contributed by atoms with Gasteiger partial charge in [-0.25, -0.2) is 0 Å². The van der Waals surface area contributed by atoms with Gasteiger partial charge in [0.15, 0.2) is 5.17 Å². The number of nitrogens with two attached hydrogens (primary N) is 1. The molecule has 0 atom stereocenters. The number of nitrogen functional groups attached to an aromatic ring is 1. The molecule has 9 heteroatoms. The normalized spacial score (nSPS) is 15.3. The molecule has 3 N–H and O–H groups in total. The largest absolute Gasteiger partial charge is 0.398 e. The second-order valence-corrected chi connectivity index (χ2v) is 8.07. The van der Waals surface area contributed by atoms with Gasteiger partial charge in [-0.1, -0.05) is 23.7 Å². The quantitative estimate of drug-likeness (QED) is 0.739. The highest BCUT2D eigenvalue weighted by Gasteiger charge is 2.28. The Morgan fingerprint density at radius 1 is 1.29 bits per heavy atom. The first-order valence-electron chi connectivity index (χ1n) is 6.77. The molecule has 0 saturated carbocycles. The van der Waals surface area contributed by atoms with Crippen LogP contribution in [0.4, 0.5) is 5.69 Å². The molecule has 2 aromatic carbocycles. The lowest BCUT2D eigenvalue weighted by molar-refractivity contribution is 0.0979. The van der Waals surface area contributed by atoms with Crippen molar-refractivity contribution in [1.82, 2.24) is 5.32 Å². The highest BCUT2D eigenvalue weighted by Crippen LogP contribution is 2.36. The Kier molecular flexibility index (Phi) is 4.29. The maximum Gasteiger partial charge on any atom is 0.285 e. The van der Waals surface area contributed by atoms with E-state index in [-0.39, 0.29) is 15.6 Å². The van der Waals surface area contributed by atoms with Crippen LogP contribution in [0, 0.1) is 6.92 Å². The van der Waals surface area contributed by atoms with Crippen LogP contribution < -0.4 is 11.1 Å². The second kappa shape index (κ2) is 6.12. The number of thioether (sulfide) groups is 1. The fraction of sp³-hybridized carbons (Fsp3) is 0.0667. The number of hydrogen-bond donors (Lipinski definition) is 2. The molecule has 1 amide bonds. The fourth-order valence-corrected chi connectivity index (χ4v) is 4.92. The third-order valence-corrected chi connectivity index (χ3v) is 6.25. The first kappa shape index (κ1) is 16.8. The van der Waals surface area contributed by atoms with E-state index in [9.17, 15) is 13.2 Å². The number of carbonyl (C=O) groups excluding carboxylic acids is 1. The number of aryl methyl sites for hydroxylation is 1. The number of amidine groups is 1. The summed E-state index contributed by atoms with van der Waals surface area (Å²) in [5, 5.41) is 2.87. The molecule has 1 aliphatic heterocycles. The van der Waals surface area contributed by atoms with E-state index < -0.39 is 15.9 Å². The molecular weight excluding hydrogens is 370 g/mol. The third-order valence-electron chi connectivity index (χ3n) is 3.34. The average molecular weight is 382 g/mol. The van der Waals surface area contributed by atoms with Gasteiger partial charge in [0.2, 0.25) is 0 Å². The Bertz CT molecular complexity index is 987. The first-order valence-corrected chi connectivity index (χ1v) is 9.40. The Hall–Kier alpha value is -2.03. The highest BCUT2D eigenvalue weighted by molar-refractivity contribution is 8.15. The third kappa shape index (κ3) is 3.12. The van der Waals surface area contributed by atoms with E-state index in [1.165, 1.54) is 6.07 Å². The SMILES string of the molecule is Cc1cc2c(cc1Cl)SC(NC(=O)c1ccccc1N)=NS2(=O)=O. The number of nitrogens with one attached hydrogen (secondary N) is 1. The van der Waals surface area contributed by atoms with E-state index in [1.807, 2.05) is 0 Å². The lowest BCUT2D eigenvalue weighted by atomic mass is 10.2. The average Bonchev–Trinajstić information content (AvgIpc) is 2.49. The number of carbonyl (C=O) groups is 1. The Balaban J connectivity index is 1.94. The summed E-state index contributed by atoms with van der Waals surface area (Å²) in [6.07, 6.45) is 0. The van der Waals surface area contributed by atoms with E-state index >= 15 is 0 Å². The van der Waals surface area contributed by atoms with Gasteiger partial charge in [0, 0.05) is 15.6 Å². The summed E-state index contributed by atoms with van der Waals surface area (Å²) in [5.74, 6) is -0.531. The van der Waals surface area contributed by atoms with E-state index in [0.717, 1.165) is 11.8 Å². The Morgan fingerprint density at radius 3 is 2.71 bits per heavy atom. The number of nitrogens with zero attached hydrogens (tertiary/aromatic N) is 1. The molecule has 0 unspecified atom stereocenters. The smallest absolute Gasteiger partial charge is 0.285 e. The first-order chi connectivity index (χ1) is 11.3. The number of para-hydroxylation sites is 1. The number of halogens is 1. The van der Waals surface area contributed by atoms with Crippen molar-refractivity contribution in [2.45, 2.75) is 16.7 Å². The number of sulfonamides is 1. The topological polar surface area (TPSA) is 102 Å². The summed E-state index contributed by atoms with van der Waals surface area (Å²) in [5.41, 5.74) is 6.92. The van der Waals surface area contributed by atoms with Crippen molar-refractivity contribution in [3.8, 4) is 0 Å². The molecule has 124 valence electrons. The Morgan fingerprint density at radius 2 is 2.00 bits per heavy atom. The van der Waals surface area contributed by atoms with E-state index in [0.29, 0.717) is 21.2 Å². The van der Waals surface area contributed by atoms with Gasteiger partial charge < -0.3 is 11.1 Å². The van der Waals surface area contributed by atoms with Gasteiger partial charge in [-0.05, 0) is 48.5 Å². The van der Waals surface area contributed by atoms with Crippen LogP contribution >= 0.6 is 23.4 Å². The molecule has 1 heterocycles. The molecule has 0 fully saturated rings. The summed E-state index contributed by atoms with van der Waals surface area (Å²) < 4.78 is 28.3. The standard InChI is InChI=1S/C15H12ClN3O3S2/c1-8-6-13-12(7-10(8)16)23-15(19-24(13,21)22)18-14(20)9-4-2-3-5-11(9)17/h2-7H,17H2,1H3,(H,18,19,20). The number of rotatable bonds is 1. The van der Waals surface area contributed by atoms with Crippen LogP contribution in [0.5, 0.6) is 0 Å². The van der Waals surface area contributed by atoms with Crippen LogP contribution in [-0.2, 0) is 10.0 Å². The zero-order valence-corrected chi connectivity index (χ0v) is 14.8. The van der Waals surface area contributed by atoms with Gasteiger partial charge in [0.25, 0.3) is 15.9 Å². The molecule has 6 nitrogen and oxygen atoms in total. The summed E-state index contributed by atoms with van der Waals surface area (Å²) in [6.45, 7) is 1.71. The van der Waals surface area contributed by atoms with Crippen LogP contribution in [0.25, 0.3) is 0 Å². The molecule has 2 aromatic rings. The highest BCUT2D eigenvalue weighted by atomic mass is 35.5. The van der Waals surface area contributed by atoms with E-state index in [1.54, 1.807) is 37.3 Å². The van der Waals surface area contributed by atoms with Gasteiger partial charge in [0.1, 0.15) is 4.90 Å². The van der Waals surface area contributed by atoms with Gasteiger partial charge in [-0.15, -0.1) is 4.40 Å². The summed E-state index contributed by atoms with van der Waals surface area (Å²) in [7, 11) is -3.91. The lowest BCUT2D eigenvalue weighted by Crippen LogP contribution is -2.31. The molecule has 1 aliphatic rings. The number of hydrogen-bond acceptors (Lipinski definition) is 5. The maximum atomic E-state index is 12.3. The minimum absolute atomic E-state index is 0.0457. The van der Waals surface area contributed by atoms with Crippen molar-refractivity contribution >= 4 is 50.1 Å². The van der Waals surface area contributed by atoms with Gasteiger partial charge in [-0.3, -0.25) is 4.79 Å². The van der Waals surface area contributed by atoms with Crippen molar-refractivity contribution in [3.63, 3.8) is 0 Å². The predicted molar refractivity (Wildman–Crippen MR) is 95.0 cm³/mol. The lowest BCUT2D eigenvalue weighted by Gasteiger charge is -2.17. The number of amides is 1. The van der Waals surface area contributed by atoms with Crippen LogP contribution in [0.2, 0.25) is 5.02 Å². The molecule has 0 radical (unpaired) electrons. The summed E-state index contributed by atoms with van der Waals surface area (Å²) in [6, 6.07) is 9.50. The molecule has 0 aliphatic carbocycles. The van der Waals surface area contributed by atoms with Crippen LogP contribution in [-0.4, -0.2) is 19.5 Å². The predicted octanol–water partition coefficient (Wildman–Crippen LogP) is 2.81.